The molecule has 1 saturated heterocycles. The minimum atomic E-state index is -0.636. The fourth-order valence-electron chi connectivity index (χ4n) is 2.98. The molecule has 1 atom stereocenters. The third-order valence-corrected chi connectivity index (χ3v) is 4.51. The number of rotatable bonds is 4. The lowest BCUT2D eigenvalue weighted by Crippen LogP contribution is -2.41. The smallest absolute Gasteiger partial charge is 0.255 e. The molecule has 1 N–H and O–H groups in total. The number of nitrogens with one attached hydrogen (secondary N) is 1. The Hall–Kier alpha value is -3.03. The van der Waals surface area contributed by atoms with Crippen LogP contribution in [-0.2, 0) is 15.0 Å². The molecule has 1 aliphatic heterocycles. The molecule has 0 saturated carbocycles. The predicted octanol–water partition coefficient (Wildman–Crippen LogP) is 3.15. The van der Waals surface area contributed by atoms with Gasteiger partial charge in [0.25, 0.3) is 5.69 Å². The first-order valence-corrected chi connectivity index (χ1v) is 8.78. The van der Waals surface area contributed by atoms with Crippen molar-refractivity contribution in [3.63, 3.8) is 0 Å². The zero-order valence-electron chi connectivity index (χ0n) is 15.9. The second-order valence-electron chi connectivity index (χ2n) is 7.65. The van der Waals surface area contributed by atoms with Gasteiger partial charge in [0, 0.05) is 45.4 Å². The van der Waals surface area contributed by atoms with Crippen molar-refractivity contribution in [1.82, 2.24) is 5.16 Å². The lowest BCUT2D eigenvalue weighted by Gasteiger charge is -2.23. The first-order chi connectivity index (χ1) is 12.7. The van der Waals surface area contributed by atoms with Crippen LogP contribution < -0.4 is 10.2 Å². The van der Waals surface area contributed by atoms with Gasteiger partial charge in [0.2, 0.25) is 11.8 Å². The number of carbonyl (C=O) groups excluding carboxylic acids is 2. The summed E-state index contributed by atoms with van der Waals surface area (Å²) in [6.07, 6.45) is 0.700. The highest BCUT2D eigenvalue weighted by atomic mass is 16.5. The van der Waals surface area contributed by atoms with Gasteiger partial charge in [0.1, 0.15) is 11.8 Å². The lowest BCUT2D eigenvalue weighted by atomic mass is 9.93. The van der Waals surface area contributed by atoms with Crippen molar-refractivity contribution < 1.29 is 18.9 Å². The van der Waals surface area contributed by atoms with Crippen molar-refractivity contribution in [3.05, 3.63) is 41.0 Å². The Morgan fingerprint density at radius 3 is 2.52 bits per heavy atom. The molecule has 1 aromatic carbocycles. The van der Waals surface area contributed by atoms with E-state index in [-0.39, 0.29) is 23.7 Å². The normalized spacial score (nSPS) is 17.3. The summed E-state index contributed by atoms with van der Waals surface area (Å²) in [7, 11) is 1.40. The molecule has 1 aromatic heterocycles. The minimum Gasteiger partial charge on any atom is -0.359 e. The number of aromatic nitrogens is 1. The molecule has 0 radical (unpaired) electrons. The second kappa shape index (κ2) is 6.94. The Morgan fingerprint density at radius 1 is 1.30 bits per heavy atom. The van der Waals surface area contributed by atoms with E-state index < -0.39 is 6.04 Å². The molecule has 1 aliphatic rings. The van der Waals surface area contributed by atoms with E-state index in [0.29, 0.717) is 29.4 Å². The van der Waals surface area contributed by atoms with Crippen LogP contribution in [-0.4, -0.2) is 34.8 Å². The number of nitroso groups, excluding NO2 is 1. The van der Waals surface area contributed by atoms with Crippen LogP contribution in [0.5, 0.6) is 0 Å². The molecule has 2 amide bonds. The zero-order valence-corrected chi connectivity index (χ0v) is 15.9. The van der Waals surface area contributed by atoms with Gasteiger partial charge in [-0.2, -0.15) is 0 Å². The van der Waals surface area contributed by atoms with Crippen molar-refractivity contribution in [3.8, 4) is 0 Å². The predicted molar refractivity (Wildman–Crippen MR) is 100.0 cm³/mol. The van der Waals surface area contributed by atoms with Gasteiger partial charge in [-0.3, -0.25) is 14.5 Å². The van der Waals surface area contributed by atoms with Crippen LogP contribution in [0.3, 0.4) is 0 Å². The Morgan fingerprint density at radius 2 is 1.96 bits per heavy atom. The Labute approximate surface area is 157 Å². The van der Waals surface area contributed by atoms with Crippen LogP contribution in [0.2, 0.25) is 0 Å². The first-order valence-electron chi connectivity index (χ1n) is 8.78. The van der Waals surface area contributed by atoms with E-state index in [1.54, 1.807) is 30.3 Å². The van der Waals surface area contributed by atoms with E-state index in [1.165, 1.54) is 11.9 Å². The van der Waals surface area contributed by atoms with Crippen molar-refractivity contribution in [2.24, 2.45) is 0 Å². The summed E-state index contributed by atoms with van der Waals surface area (Å²) in [6, 6.07) is 7.63. The Bertz CT molecular complexity index is 880. The van der Waals surface area contributed by atoms with Gasteiger partial charge in [-0.1, -0.05) is 25.9 Å². The highest BCUT2D eigenvalue weighted by Gasteiger charge is 2.37. The number of benzene rings is 1. The van der Waals surface area contributed by atoms with Gasteiger partial charge in [0.05, 0.1) is 0 Å². The zero-order chi connectivity index (χ0) is 19.8. The van der Waals surface area contributed by atoms with Crippen molar-refractivity contribution in [1.29, 1.82) is 0 Å². The second-order valence-corrected chi connectivity index (χ2v) is 7.65. The fraction of sp³-hybridized carbons (Fsp3) is 0.421. The number of hydrogen-bond donors (Lipinski definition) is 1. The van der Waals surface area contributed by atoms with E-state index in [0.717, 1.165) is 4.76 Å². The number of nitrogens with zero attached hydrogens (tertiary/aromatic N) is 3. The van der Waals surface area contributed by atoms with Crippen LogP contribution in [0.15, 0.2) is 34.9 Å². The molecule has 8 heteroatoms. The maximum atomic E-state index is 12.7. The van der Waals surface area contributed by atoms with Crippen LogP contribution >= 0.6 is 0 Å². The molecular weight excluding hydrogens is 348 g/mol. The molecule has 0 bridgehead atoms. The number of anilines is 2. The molecule has 0 spiro atoms. The van der Waals surface area contributed by atoms with Crippen LogP contribution in [0.4, 0.5) is 17.2 Å². The number of hydrogen-bond acceptors (Lipinski definition) is 5. The molecule has 27 heavy (non-hydrogen) atoms. The summed E-state index contributed by atoms with van der Waals surface area (Å²) in [5.41, 5.74) is 0.837. The van der Waals surface area contributed by atoms with E-state index in [1.807, 2.05) is 20.8 Å². The van der Waals surface area contributed by atoms with Gasteiger partial charge in [-0.25, -0.2) is 0 Å². The molecule has 0 unspecified atom stereocenters. The van der Waals surface area contributed by atoms with Gasteiger partial charge < -0.3 is 9.84 Å². The summed E-state index contributed by atoms with van der Waals surface area (Å²) in [5.74, 6) is 0.538. The highest BCUT2D eigenvalue weighted by molar-refractivity contribution is 6.07. The van der Waals surface area contributed by atoms with Gasteiger partial charge in [-0.05, 0) is 18.6 Å². The summed E-state index contributed by atoms with van der Waals surface area (Å²) in [5, 5.41) is 6.62. The third kappa shape index (κ3) is 3.89. The van der Waals surface area contributed by atoms with Crippen molar-refractivity contribution >= 4 is 29.0 Å². The summed E-state index contributed by atoms with van der Waals surface area (Å²) in [4.78, 5) is 37.9. The largest absolute Gasteiger partial charge is 0.359 e. The first kappa shape index (κ1) is 18.8. The van der Waals surface area contributed by atoms with E-state index >= 15 is 0 Å². The molecule has 2 heterocycles. The summed E-state index contributed by atoms with van der Waals surface area (Å²) >= 11 is 0. The monoisotopic (exact) mass is 371 g/mol. The Kier molecular flexibility index (Phi) is 4.82. The topological polar surface area (TPSA) is 95.5 Å². The van der Waals surface area contributed by atoms with Crippen LogP contribution in [0, 0.1) is 4.91 Å². The highest BCUT2D eigenvalue weighted by Crippen LogP contribution is 2.29. The number of amides is 2. The minimum absolute atomic E-state index is 0.131. The average molecular weight is 371 g/mol. The fourth-order valence-corrected chi connectivity index (χ4v) is 2.98. The standard InChI is InChI=1S/C19H22N4O4/c1-19(2,3)15-11-16(21-27-15)20-18(25)14-9-10-17(24)23(14)13-7-5-12(6-8-13)22(4)26/h5-8,11,14H,9-10H2,1-4H3/p+1/t14-/m0/s1. The van der Waals surface area contributed by atoms with E-state index in [9.17, 15) is 14.5 Å². The molecule has 8 nitrogen and oxygen atoms in total. The maximum absolute atomic E-state index is 12.7. The van der Waals surface area contributed by atoms with Crippen molar-refractivity contribution in [2.75, 3.05) is 17.3 Å². The van der Waals surface area contributed by atoms with E-state index in [4.69, 9.17) is 4.52 Å². The van der Waals surface area contributed by atoms with Gasteiger partial charge >= 0.3 is 0 Å². The molecular formula is C19H23N4O4+. The SMILES string of the molecule is C[N+](=O)c1ccc(N2C(=O)CC[C@H]2C(=O)Nc2cc(C(C)(C)C)on2)cc1. The van der Waals surface area contributed by atoms with Crippen LogP contribution in [0.1, 0.15) is 39.4 Å². The maximum Gasteiger partial charge on any atom is 0.255 e. The van der Waals surface area contributed by atoms with Gasteiger partial charge in [-0.15, -0.1) is 0 Å². The number of carbonyl (C=O) groups is 2. The molecule has 1 fully saturated rings. The summed E-state index contributed by atoms with van der Waals surface area (Å²) in [6.45, 7) is 5.96. The summed E-state index contributed by atoms with van der Waals surface area (Å²) < 4.78 is 6.01. The molecule has 142 valence electrons. The van der Waals surface area contributed by atoms with Crippen molar-refractivity contribution in [2.45, 2.75) is 45.1 Å². The molecule has 2 aromatic rings. The lowest BCUT2D eigenvalue weighted by molar-refractivity contribution is -0.428. The van der Waals surface area contributed by atoms with Gasteiger partial charge in [0.15, 0.2) is 12.9 Å². The van der Waals surface area contributed by atoms with Crippen LogP contribution in [0.25, 0.3) is 0 Å². The quantitative estimate of drug-likeness (QED) is 0.833. The third-order valence-electron chi connectivity index (χ3n) is 4.51. The van der Waals surface area contributed by atoms with E-state index in [2.05, 4.69) is 10.5 Å². The average Bonchev–Trinajstić information content (AvgIpc) is 3.21. The Balaban J connectivity index is 1.78. The molecule has 0 aliphatic carbocycles. The molecule has 3 rings (SSSR count).